The Hall–Kier alpha value is -1.12. The molecule has 0 saturated carbocycles. The van der Waals surface area contributed by atoms with Crippen LogP contribution in [0.3, 0.4) is 0 Å². The third-order valence-corrected chi connectivity index (χ3v) is 5.77. The number of nitrogens with zero attached hydrogens (tertiary/aromatic N) is 1. The van der Waals surface area contributed by atoms with Crippen LogP contribution >= 0.6 is 23.4 Å². The molecule has 3 rings (SSSR count). The first-order chi connectivity index (χ1) is 9.17. The second-order valence-electron chi connectivity index (χ2n) is 4.77. The summed E-state index contributed by atoms with van der Waals surface area (Å²) in [5.41, 5.74) is 2.62. The fraction of sp³-hybridized carbons (Fsp3) is 0.250. The Morgan fingerprint density at radius 3 is 2.42 bits per heavy atom. The molecule has 1 aliphatic heterocycles. The number of para-hydroxylation sites is 1. The highest BCUT2D eigenvalue weighted by atomic mass is 35.5. The highest BCUT2D eigenvalue weighted by Crippen LogP contribution is 2.56. The topological polar surface area (TPSA) is 3.24 Å². The van der Waals surface area contributed by atoms with E-state index >= 15 is 0 Å². The first-order valence-electron chi connectivity index (χ1n) is 6.45. The first kappa shape index (κ1) is 12.9. The van der Waals surface area contributed by atoms with Crippen molar-refractivity contribution in [3.05, 3.63) is 59.1 Å². The van der Waals surface area contributed by atoms with E-state index in [2.05, 4.69) is 55.3 Å². The summed E-state index contributed by atoms with van der Waals surface area (Å²) in [6.07, 6.45) is 1.05. The van der Waals surface area contributed by atoms with E-state index in [4.69, 9.17) is 11.6 Å². The summed E-state index contributed by atoms with van der Waals surface area (Å²) in [7, 11) is 2.18. The van der Waals surface area contributed by atoms with Crippen molar-refractivity contribution in [1.29, 1.82) is 0 Å². The summed E-state index contributed by atoms with van der Waals surface area (Å²) in [5, 5.41) is 0.790. The molecule has 1 nitrogen and oxygen atoms in total. The number of hydrogen-bond donors (Lipinski definition) is 0. The van der Waals surface area contributed by atoms with E-state index in [9.17, 15) is 0 Å². The van der Waals surface area contributed by atoms with Crippen LogP contribution < -0.4 is 4.90 Å². The summed E-state index contributed by atoms with van der Waals surface area (Å²) >= 11 is 7.95. The Labute approximate surface area is 123 Å². The SMILES string of the molecule is CCC1(c2ccc(Cl)cc2)Sc2ccccc2N1C. The van der Waals surface area contributed by atoms with Crippen molar-refractivity contribution in [3.63, 3.8) is 0 Å². The summed E-state index contributed by atoms with van der Waals surface area (Å²) in [6, 6.07) is 16.8. The van der Waals surface area contributed by atoms with Crippen molar-refractivity contribution in [3.8, 4) is 0 Å². The fourth-order valence-corrected chi connectivity index (χ4v) is 4.32. The Bertz CT molecular complexity index is 596. The van der Waals surface area contributed by atoms with E-state index in [0.29, 0.717) is 0 Å². The normalized spacial score (nSPS) is 21.5. The van der Waals surface area contributed by atoms with Crippen molar-refractivity contribution in [2.45, 2.75) is 23.1 Å². The molecule has 2 aromatic rings. The molecule has 0 amide bonds. The standard InChI is InChI=1S/C16H16ClNS/c1-3-16(12-8-10-13(17)11-9-12)18(2)14-6-4-5-7-15(14)19-16/h4-11H,3H2,1-2H3. The van der Waals surface area contributed by atoms with Gasteiger partial charge in [0, 0.05) is 17.0 Å². The molecule has 1 unspecified atom stereocenters. The van der Waals surface area contributed by atoms with Crippen molar-refractivity contribution >= 4 is 29.1 Å². The van der Waals surface area contributed by atoms with E-state index in [0.717, 1.165) is 11.4 Å². The van der Waals surface area contributed by atoms with Gasteiger partial charge in [-0.2, -0.15) is 0 Å². The van der Waals surface area contributed by atoms with Gasteiger partial charge in [0.05, 0.1) is 5.69 Å². The van der Waals surface area contributed by atoms with Gasteiger partial charge in [-0.25, -0.2) is 0 Å². The van der Waals surface area contributed by atoms with Gasteiger partial charge in [0.2, 0.25) is 0 Å². The third-order valence-electron chi connectivity index (χ3n) is 3.82. The van der Waals surface area contributed by atoms with E-state index in [1.165, 1.54) is 16.1 Å². The van der Waals surface area contributed by atoms with Crippen LogP contribution in [-0.2, 0) is 4.87 Å². The number of anilines is 1. The minimum atomic E-state index is -0.0196. The molecule has 0 spiro atoms. The van der Waals surface area contributed by atoms with Gasteiger partial charge in [-0.15, -0.1) is 0 Å². The maximum Gasteiger partial charge on any atom is 0.116 e. The summed E-state index contributed by atoms with van der Waals surface area (Å²) in [4.78, 5) is 3.71. The Morgan fingerprint density at radius 1 is 1.11 bits per heavy atom. The second kappa shape index (κ2) is 4.77. The average Bonchev–Trinajstić information content (AvgIpc) is 2.74. The molecule has 3 heteroatoms. The zero-order valence-corrected chi connectivity index (χ0v) is 12.6. The summed E-state index contributed by atoms with van der Waals surface area (Å²) in [5.74, 6) is 0. The lowest BCUT2D eigenvalue weighted by atomic mass is 10.0. The zero-order valence-electron chi connectivity index (χ0n) is 11.1. The Kier molecular flexibility index (Phi) is 3.23. The maximum absolute atomic E-state index is 6.01. The van der Waals surface area contributed by atoms with Gasteiger partial charge in [0.15, 0.2) is 0 Å². The van der Waals surface area contributed by atoms with Gasteiger partial charge in [-0.05, 0) is 36.2 Å². The molecule has 0 fully saturated rings. The molecule has 1 heterocycles. The van der Waals surface area contributed by atoms with Gasteiger partial charge in [0.25, 0.3) is 0 Å². The van der Waals surface area contributed by atoms with Crippen LogP contribution in [0.4, 0.5) is 5.69 Å². The van der Waals surface area contributed by atoms with Gasteiger partial charge in [-0.1, -0.05) is 54.6 Å². The van der Waals surface area contributed by atoms with Crippen LogP contribution in [0, 0.1) is 0 Å². The monoisotopic (exact) mass is 289 g/mol. The third kappa shape index (κ3) is 1.94. The molecule has 0 radical (unpaired) electrons. The summed E-state index contributed by atoms with van der Waals surface area (Å²) in [6.45, 7) is 2.24. The second-order valence-corrected chi connectivity index (χ2v) is 6.53. The summed E-state index contributed by atoms with van der Waals surface area (Å²) < 4.78 is 0. The zero-order chi connectivity index (χ0) is 13.5. The number of benzene rings is 2. The van der Waals surface area contributed by atoms with Crippen LogP contribution in [0.2, 0.25) is 5.02 Å². The molecule has 2 aromatic carbocycles. The lowest BCUT2D eigenvalue weighted by Crippen LogP contribution is -2.37. The van der Waals surface area contributed by atoms with Gasteiger partial charge < -0.3 is 4.90 Å². The van der Waals surface area contributed by atoms with Crippen molar-refractivity contribution in [2.24, 2.45) is 0 Å². The molecule has 1 aliphatic rings. The molecule has 0 bridgehead atoms. The number of fused-ring (bicyclic) bond motifs is 1. The van der Waals surface area contributed by atoms with Crippen LogP contribution in [0.15, 0.2) is 53.4 Å². The predicted molar refractivity (Wildman–Crippen MR) is 84.1 cm³/mol. The highest BCUT2D eigenvalue weighted by molar-refractivity contribution is 8.00. The molecule has 0 aromatic heterocycles. The fourth-order valence-electron chi connectivity index (χ4n) is 2.74. The van der Waals surface area contributed by atoms with Crippen LogP contribution in [0.25, 0.3) is 0 Å². The molecule has 1 atom stereocenters. The van der Waals surface area contributed by atoms with Gasteiger partial charge in [0.1, 0.15) is 4.87 Å². The average molecular weight is 290 g/mol. The molecule has 98 valence electrons. The number of halogens is 1. The maximum atomic E-state index is 6.01. The predicted octanol–water partition coefficient (Wildman–Crippen LogP) is 5.14. The van der Waals surface area contributed by atoms with E-state index < -0.39 is 0 Å². The molecule has 19 heavy (non-hydrogen) atoms. The van der Waals surface area contributed by atoms with Crippen molar-refractivity contribution in [1.82, 2.24) is 0 Å². The van der Waals surface area contributed by atoms with E-state index in [1.54, 1.807) is 0 Å². The minimum absolute atomic E-state index is 0.0196. The Morgan fingerprint density at radius 2 is 1.79 bits per heavy atom. The Balaban J connectivity index is 2.10. The molecular weight excluding hydrogens is 274 g/mol. The number of thioether (sulfide) groups is 1. The van der Waals surface area contributed by atoms with Crippen LogP contribution in [0.1, 0.15) is 18.9 Å². The lowest BCUT2D eigenvalue weighted by molar-refractivity contribution is 0.597. The molecule has 0 N–H and O–H groups in total. The minimum Gasteiger partial charge on any atom is -0.355 e. The molecule has 0 saturated heterocycles. The number of rotatable bonds is 2. The van der Waals surface area contributed by atoms with Gasteiger partial charge in [-0.3, -0.25) is 0 Å². The van der Waals surface area contributed by atoms with Crippen molar-refractivity contribution in [2.75, 3.05) is 11.9 Å². The largest absolute Gasteiger partial charge is 0.355 e. The molecular formula is C16H16ClNS. The highest BCUT2D eigenvalue weighted by Gasteiger charge is 2.42. The van der Waals surface area contributed by atoms with E-state index in [1.807, 2.05) is 23.9 Å². The lowest BCUT2D eigenvalue weighted by Gasteiger charge is -2.36. The number of hydrogen-bond acceptors (Lipinski definition) is 2. The van der Waals surface area contributed by atoms with E-state index in [-0.39, 0.29) is 4.87 Å². The van der Waals surface area contributed by atoms with Crippen LogP contribution in [0.5, 0.6) is 0 Å². The van der Waals surface area contributed by atoms with Gasteiger partial charge >= 0.3 is 0 Å². The smallest absolute Gasteiger partial charge is 0.116 e. The first-order valence-corrected chi connectivity index (χ1v) is 7.65. The quantitative estimate of drug-likeness (QED) is 0.752. The van der Waals surface area contributed by atoms with Crippen molar-refractivity contribution < 1.29 is 0 Å². The van der Waals surface area contributed by atoms with Crippen LogP contribution in [-0.4, -0.2) is 7.05 Å². The molecule has 0 aliphatic carbocycles.